The molecule has 0 aromatic rings. The summed E-state index contributed by atoms with van der Waals surface area (Å²) < 4.78 is 4.83. The van der Waals surface area contributed by atoms with Crippen LogP contribution in [0.5, 0.6) is 0 Å². The lowest BCUT2D eigenvalue weighted by Gasteiger charge is -2.28. The fourth-order valence-electron chi connectivity index (χ4n) is 2.26. The van der Waals surface area contributed by atoms with E-state index in [4.69, 9.17) is 14.9 Å². The van der Waals surface area contributed by atoms with Crippen molar-refractivity contribution in [1.29, 1.82) is 0 Å². The Hall–Kier alpha value is -1.34. The highest BCUT2D eigenvalue weighted by atomic mass is 16.5. The molecule has 0 radical (unpaired) electrons. The number of aliphatic hydroxyl groups is 1. The summed E-state index contributed by atoms with van der Waals surface area (Å²) in [5, 5.41) is 20.1. The van der Waals surface area contributed by atoms with Crippen LogP contribution in [-0.4, -0.2) is 66.1 Å². The molecule has 19 heavy (non-hydrogen) atoms. The molecule has 0 aromatic carbocycles. The van der Waals surface area contributed by atoms with E-state index >= 15 is 0 Å². The number of urea groups is 1. The van der Waals surface area contributed by atoms with Gasteiger partial charge < -0.3 is 25.2 Å². The van der Waals surface area contributed by atoms with Crippen LogP contribution in [0.2, 0.25) is 0 Å². The Morgan fingerprint density at radius 2 is 2.00 bits per heavy atom. The van der Waals surface area contributed by atoms with Crippen molar-refractivity contribution in [3.05, 3.63) is 0 Å². The summed E-state index contributed by atoms with van der Waals surface area (Å²) >= 11 is 0. The standard InChI is InChI=1S/C12H22N2O5/c15-7-6-14(10-3-1-2-4-10)12(18)13-5-8-19-9-11(16)17/h10,15H,1-9H2,(H,13,18)(H,16,17). The first-order valence-electron chi connectivity index (χ1n) is 6.60. The molecule has 110 valence electrons. The van der Waals surface area contributed by atoms with Crippen LogP contribution in [0.1, 0.15) is 25.7 Å². The van der Waals surface area contributed by atoms with Gasteiger partial charge in [0.15, 0.2) is 0 Å². The van der Waals surface area contributed by atoms with E-state index in [1.807, 2.05) is 0 Å². The van der Waals surface area contributed by atoms with Crippen LogP contribution in [0.3, 0.4) is 0 Å². The van der Waals surface area contributed by atoms with Gasteiger partial charge in [0.25, 0.3) is 0 Å². The highest BCUT2D eigenvalue weighted by molar-refractivity contribution is 5.74. The number of amides is 2. The average Bonchev–Trinajstić information content (AvgIpc) is 2.88. The van der Waals surface area contributed by atoms with Crippen molar-refractivity contribution in [1.82, 2.24) is 10.2 Å². The number of nitrogens with zero attached hydrogens (tertiary/aromatic N) is 1. The molecule has 1 rings (SSSR count). The van der Waals surface area contributed by atoms with Crippen molar-refractivity contribution in [3.63, 3.8) is 0 Å². The summed E-state index contributed by atoms with van der Waals surface area (Å²) in [6, 6.07) is -0.0213. The Bertz CT molecular complexity index is 292. The molecule has 7 nitrogen and oxygen atoms in total. The number of hydrogen-bond donors (Lipinski definition) is 3. The summed E-state index contributed by atoms with van der Waals surface area (Å²) in [5.74, 6) is -1.03. The van der Waals surface area contributed by atoms with Gasteiger partial charge in [0.05, 0.1) is 13.2 Å². The minimum Gasteiger partial charge on any atom is -0.480 e. The molecule has 0 bridgehead atoms. The number of carboxylic acid groups (broad SMARTS) is 1. The minimum atomic E-state index is -1.03. The lowest BCUT2D eigenvalue weighted by Crippen LogP contribution is -2.47. The first-order valence-corrected chi connectivity index (χ1v) is 6.60. The highest BCUT2D eigenvalue weighted by Gasteiger charge is 2.25. The normalized spacial score (nSPS) is 15.4. The molecular formula is C12H22N2O5. The van der Waals surface area contributed by atoms with Gasteiger partial charge in [-0.05, 0) is 12.8 Å². The van der Waals surface area contributed by atoms with Crippen LogP contribution in [0, 0.1) is 0 Å². The SMILES string of the molecule is O=C(O)COCCNC(=O)N(CCO)C1CCCC1. The Balaban J connectivity index is 2.25. The highest BCUT2D eigenvalue weighted by Crippen LogP contribution is 2.23. The molecule has 0 aromatic heterocycles. The topological polar surface area (TPSA) is 99.1 Å². The van der Waals surface area contributed by atoms with Gasteiger partial charge in [-0.1, -0.05) is 12.8 Å². The minimum absolute atomic E-state index is 0.0561. The second-order valence-corrected chi connectivity index (χ2v) is 4.53. The van der Waals surface area contributed by atoms with E-state index in [-0.39, 0.29) is 38.4 Å². The maximum atomic E-state index is 11.9. The molecule has 0 spiro atoms. The van der Waals surface area contributed by atoms with Crippen molar-refractivity contribution < 1.29 is 24.5 Å². The van der Waals surface area contributed by atoms with Gasteiger partial charge >= 0.3 is 12.0 Å². The summed E-state index contributed by atoms with van der Waals surface area (Å²) in [6.07, 6.45) is 4.18. The van der Waals surface area contributed by atoms with Gasteiger partial charge in [-0.2, -0.15) is 0 Å². The van der Waals surface area contributed by atoms with Crippen molar-refractivity contribution in [3.8, 4) is 0 Å². The van der Waals surface area contributed by atoms with Crippen molar-refractivity contribution in [2.45, 2.75) is 31.7 Å². The van der Waals surface area contributed by atoms with Crippen LogP contribution in [-0.2, 0) is 9.53 Å². The van der Waals surface area contributed by atoms with E-state index in [0.29, 0.717) is 6.54 Å². The lowest BCUT2D eigenvalue weighted by molar-refractivity contribution is -0.142. The molecule has 1 aliphatic rings. The number of aliphatic hydroxyl groups excluding tert-OH is 1. The number of carbonyl (C=O) groups excluding carboxylic acids is 1. The van der Waals surface area contributed by atoms with Crippen LogP contribution < -0.4 is 5.32 Å². The van der Waals surface area contributed by atoms with Crippen LogP contribution >= 0.6 is 0 Å². The van der Waals surface area contributed by atoms with Gasteiger partial charge in [-0.15, -0.1) is 0 Å². The van der Waals surface area contributed by atoms with Gasteiger partial charge in [-0.3, -0.25) is 0 Å². The summed E-state index contributed by atoms with van der Waals surface area (Å²) in [7, 11) is 0. The van der Waals surface area contributed by atoms with Crippen molar-refractivity contribution >= 4 is 12.0 Å². The number of nitrogens with one attached hydrogen (secondary N) is 1. The molecule has 1 saturated carbocycles. The molecule has 0 unspecified atom stereocenters. The van der Waals surface area contributed by atoms with Crippen LogP contribution in [0.25, 0.3) is 0 Å². The molecule has 0 heterocycles. The first-order chi connectivity index (χ1) is 9.15. The molecule has 0 aliphatic heterocycles. The van der Waals surface area contributed by atoms with Gasteiger partial charge in [-0.25, -0.2) is 9.59 Å². The molecule has 2 amide bonds. The largest absolute Gasteiger partial charge is 0.480 e. The third-order valence-electron chi connectivity index (χ3n) is 3.12. The van der Waals surface area contributed by atoms with Gasteiger partial charge in [0.2, 0.25) is 0 Å². The Morgan fingerprint density at radius 1 is 1.32 bits per heavy atom. The van der Waals surface area contributed by atoms with E-state index in [0.717, 1.165) is 25.7 Å². The first kappa shape index (κ1) is 15.7. The van der Waals surface area contributed by atoms with Crippen molar-refractivity contribution in [2.75, 3.05) is 32.9 Å². The predicted octanol–water partition coefficient (Wildman–Crippen LogP) is 0.0341. The number of aliphatic carboxylic acids is 1. The average molecular weight is 274 g/mol. The maximum absolute atomic E-state index is 11.9. The summed E-state index contributed by atoms with van der Waals surface area (Å²) in [6.45, 7) is 0.335. The van der Waals surface area contributed by atoms with E-state index in [1.54, 1.807) is 4.90 Å². The van der Waals surface area contributed by atoms with Crippen LogP contribution in [0.15, 0.2) is 0 Å². The lowest BCUT2D eigenvalue weighted by atomic mass is 10.2. The molecule has 0 saturated heterocycles. The molecule has 3 N–H and O–H groups in total. The van der Waals surface area contributed by atoms with Crippen LogP contribution in [0.4, 0.5) is 4.79 Å². The van der Waals surface area contributed by atoms with Gasteiger partial charge in [0.1, 0.15) is 6.61 Å². The quantitative estimate of drug-likeness (QED) is 0.542. The van der Waals surface area contributed by atoms with E-state index in [1.165, 1.54) is 0 Å². The Morgan fingerprint density at radius 3 is 2.58 bits per heavy atom. The molecule has 1 aliphatic carbocycles. The molecule has 1 fully saturated rings. The Labute approximate surface area is 112 Å². The number of carbonyl (C=O) groups is 2. The third-order valence-corrected chi connectivity index (χ3v) is 3.12. The van der Waals surface area contributed by atoms with E-state index < -0.39 is 5.97 Å². The number of rotatable bonds is 8. The predicted molar refractivity (Wildman–Crippen MR) is 67.9 cm³/mol. The van der Waals surface area contributed by atoms with Crippen molar-refractivity contribution in [2.24, 2.45) is 0 Å². The molecular weight excluding hydrogens is 252 g/mol. The zero-order chi connectivity index (χ0) is 14.1. The molecule has 7 heteroatoms. The van der Waals surface area contributed by atoms with Gasteiger partial charge in [0, 0.05) is 19.1 Å². The zero-order valence-electron chi connectivity index (χ0n) is 11.0. The number of carboxylic acids is 1. The molecule has 0 atom stereocenters. The number of ether oxygens (including phenoxy) is 1. The summed E-state index contributed by atoms with van der Waals surface area (Å²) in [5.41, 5.74) is 0. The Kier molecular flexibility index (Phi) is 7.20. The third kappa shape index (κ3) is 5.89. The van der Waals surface area contributed by atoms with E-state index in [2.05, 4.69) is 5.32 Å². The van der Waals surface area contributed by atoms with E-state index in [9.17, 15) is 9.59 Å². The zero-order valence-corrected chi connectivity index (χ0v) is 11.0. The summed E-state index contributed by atoms with van der Waals surface area (Å²) in [4.78, 5) is 23.8. The second kappa shape index (κ2) is 8.71. The second-order valence-electron chi connectivity index (χ2n) is 4.53. The fourth-order valence-corrected chi connectivity index (χ4v) is 2.26. The maximum Gasteiger partial charge on any atom is 0.329 e. The smallest absolute Gasteiger partial charge is 0.329 e. The fraction of sp³-hybridized carbons (Fsp3) is 0.833. The monoisotopic (exact) mass is 274 g/mol. The number of hydrogen-bond acceptors (Lipinski definition) is 4.